The number of furan rings is 1. The van der Waals surface area contributed by atoms with Crippen molar-refractivity contribution in [3.05, 3.63) is 29.7 Å². The van der Waals surface area contributed by atoms with Crippen LogP contribution in [-0.2, 0) is 14.3 Å². The Kier molecular flexibility index (Phi) is 6.18. The van der Waals surface area contributed by atoms with E-state index in [1.54, 1.807) is 12.1 Å². The first-order chi connectivity index (χ1) is 13.7. The Bertz CT molecular complexity index is 930. The Hall–Kier alpha value is -2.92. The fourth-order valence-electron chi connectivity index (χ4n) is 3.29. The van der Waals surface area contributed by atoms with Gasteiger partial charge in [0.05, 0.1) is 11.7 Å². The second kappa shape index (κ2) is 8.62. The van der Waals surface area contributed by atoms with E-state index >= 15 is 0 Å². The highest BCUT2D eigenvalue weighted by atomic mass is 16.6. The van der Waals surface area contributed by atoms with Crippen LogP contribution in [0.1, 0.15) is 62.6 Å². The molecule has 1 aliphatic carbocycles. The number of amides is 1. The zero-order valence-electron chi connectivity index (χ0n) is 16.9. The molecular weight excluding hydrogens is 374 g/mol. The van der Waals surface area contributed by atoms with E-state index in [0.717, 1.165) is 25.7 Å². The van der Waals surface area contributed by atoms with Crippen molar-refractivity contribution in [1.29, 1.82) is 5.26 Å². The van der Waals surface area contributed by atoms with Gasteiger partial charge in [-0.1, -0.05) is 0 Å². The van der Waals surface area contributed by atoms with Crippen LogP contribution in [0.25, 0.3) is 11.1 Å². The van der Waals surface area contributed by atoms with Gasteiger partial charge in [-0.3, -0.25) is 4.79 Å². The maximum atomic E-state index is 12.5. The summed E-state index contributed by atoms with van der Waals surface area (Å²) in [6, 6.07) is 5.25. The second-order valence-corrected chi connectivity index (χ2v) is 8.19. The molecule has 1 aliphatic rings. The summed E-state index contributed by atoms with van der Waals surface area (Å²) < 4.78 is 16.4. The molecule has 0 atom stereocenters. The number of fused-ring (bicyclic) bond motifs is 1. The van der Waals surface area contributed by atoms with Crippen LogP contribution in [0, 0.1) is 11.3 Å². The lowest BCUT2D eigenvalue weighted by Gasteiger charge is -2.29. The third kappa shape index (κ3) is 5.78. The second-order valence-electron chi connectivity index (χ2n) is 8.19. The first-order valence-electron chi connectivity index (χ1n) is 9.67. The number of hydrogen-bond acceptors (Lipinski definition) is 7. The largest absolute Gasteiger partial charge is 0.458 e. The van der Waals surface area contributed by atoms with E-state index in [0.29, 0.717) is 16.7 Å². The van der Waals surface area contributed by atoms with E-state index in [4.69, 9.17) is 19.2 Å². The van der Waals surface area contributed by atoms with E-state index in [2.05, 4.69) is 10.3 Å². The number of pyridine rings is 1. The monoisotopic (exact) mass is 399 g/mol. The highest BCUT2D eigenvalue weighted by Gasteiger charge is 2.26. The average molecular weight is 399 g/mol. The third-order valence-electron chi connectivity index (χ3n) is 4.59. The van der Waals surface area contributed by atoms with Crippen molar-refractivity contribution in [3.63, 3.8) is 0 Å². The number of nitrogens with one attached hydrogen (secondary N) is 1. The van der Waals surface area contributed by atoms with Gasteiger partial charge in [0.25, 0.3) is 5.91 Å². The van der Waals surface area contributed by atoms with Gasteiger partial charge in [0.1, 0.15) is 18.3 Å². The van der Waals surface area contributed by atoms with Crippen molar-refractivity contribution in [2.24, 2.45) is 0 Å². The molecule has 0 aromatic carbocycles. The van der Waals surface area contributed by atoms with E-state index in [1.165, 1.54) is 6.20 Å². The predicted octanol–water partition coefficient (Wildman–Crippen LogP) is 3.10. The van der Waals surface area contributed by atoms with Crippen LogP contribution in [0.15, 0.2) is 22.7 Å². The van der Waals surface area contributed by atoms with Gasteiger partial charge in [0, 0.05) is 17.6 Å². The summed E-state index contributed by atoms with van der Waals surface area (Å²) in [7, 11) is 0. The number of rotatable bonds is 5. The van der Waals surface area contributed by atoms with Crippen molar-refractivity contribution in [3.8, 4) is 6.07 Å². The lowest BCUT2D eigenvalue weighted by molar-refractivity contribution is -0.162. The maximum absolute atomic E-state index is 12.5. The lowest BCUT2D eigenvalue weighted by atomic mass is 9.93. The van der Waals surface area contributed by atoms with Gasteiger partial charge >= 0.3 is 5.97 Å². The molecule has 0 spiro atoms. The number of esters is 1. The zero-order valence-corrected chi connectivity index (χ0v) is 16.9. The molecule has 1 saturated carbocycles. The molecule has 0 saturated heterocycles. The molecule has 2 aromatic heterocycles. The minimum absolute atomic E-state index is 0.0136. The van der Waals surface area contributed by atoms with Gasteiger partial charge in [0.15, 0.2) is 5.76 Å². The number of ether oxygens (including phenoxy) is 2. The summed E-state index contributed by atoms with van der Waals surface area (Å²) >= 11 is 0. The molecule has 29 heavy (non-hydrogen) atoms. The minimum atomic E-state index is -0.523. The molecule has 8 heteroatoms. The van der Waals surface area contributed by atoms with Crippen LogP contribution in [0.5, 0.6) is 0 Å². The van der Waals surface area contributed by atoms with Crippen molar-refractivity contribution >= 4 is 23.0 Å². The molecule has 1 N–H and O–H groups in total. The fraction of sp³-hybridized carbons (Fsp3) is 0.524. The number of nitrogens with zero attached hydrogens (tertiary/aromatic N) is 2. The molecule has 3 rings (SSSR count). The Morgan fingerprint density at radius 2 is 2.00 bits per heavy atom. The highest BCUT2D eigenvalue weighted by molar-refractivity contribution is 5.95. The Morgan fingerprint density at radius 3 is 2.66 bits per heavy atom. The smallest absolute Gasteiger partial charge is 0.332 e. The molecule has 2 heterocycles. The Morgan fingerprint density at radius 1 is 1.28 bits per heavy atom. The molecule has 1 amide bonds. The van der Waals surface area contributed by atoms with Crippen molar-refractivity contribution in [2.75, 3.05) is 6.61 Å². The van der Waals surface area contributed by atoms with Crippen LogP contribution in [0.4, 0.5) is 0 Å². The van der Waals surface area contributed by atoms with Gasteiger partial charge < -0.3 is 19.2 Å². The van der Waals surface area contributed by atoms with Crippen molar-refractivity contribution < 1.29 is 23.5 Å². The molecule has 0 unspecified atom stereocenters. The molecule has 0 bridgehead atoms. The minimum Gasteiger partial charge on any atom is -0.458 e. The summed E-state index contributed by atoms with van der Waals surface area (Å²) in [5, 5.41) is 12.5. The number of aromatic nitrogens is 1. The standard InChI is InChI=1S/C21H25N3O5/c1-21(2,3)29-18(25)12-27-16-6-4-15(5-7-16)24-19(26)17-9-14-8-13(10-22)11-23-20(14)28-17/h8-9,11,15-16H,4-7,12H2,1-3H3,(H,24,26). The predicted molar refractivity (Wildman–Crippen MR) is 104 cm³/mol. The SMILES string of the molecule is CC(C)(C)OC(=O)COC1CCC(NC(=O)c2cc3cc(C#N)cnc3o2)CC1. The number of carbonyl (C=O) groups is 2. The number of hydrogen-bond donors (Lipinski definition) is 1. The lowest BCUT2D eigenvalue weighted by Crippen LogP contribution is -2.39. The first kappa shape index (κ1) is 20.8. The summed E-state index contributed by atoms with van der Waals surface area (Å²) in [5.41, 5.74) is 0.216. The van der Waals surface area contributed by atoms with Gasteiger partial charge in [-0.2, -0.15) is 5.26 Å². The van der Waals surface area contributed by atoms with Gasteiger partial charge in [-0.15, -0.1) is 0 Å². The highest BCUT2D eigenvalue weighted by Crippen LogP contribution is 2.23. The molecule has 1 fully saturated rings. The third-order valence-corrected chi connectivity index (χ3v) is 4.59. The first-order valence-corrected chi connectivity index (χ1v) is 9.67. The van der Waals surface area contributed by atoms with Crippen LogP contribution in [-0.4, -0.2) is 41.2 Å². The van der Waals surface area contributed by atoms with E-state index in [-0.39, 0.29) is 36.4 Å². The van der Waals surface area contributed by atoms with Crippen LogP contribution in [0.3, 0.4) is 0 Å². The van der Waals surface area contributed by atoms with Gasteiger partial charge in [0.2, 0.25) is 5.71 Å². The van der Waals surface area contributed by atoms with Crippen LogP contribution >= 0.6 is 0 Å². The summed E-state index contributed by atoms with van der Waals surface area (Å²) in [5.74, 6) is -0.503. The molecule has 154 valence electrons. The normalized spacial score (nSPS) is 19.5. The average Bonchev–Trinajstić information content (AvgIpc) is 3.09. The summed E-state index contributed by atoms with van der Waals surface area (Å²) in [6.45, 7) is 5.40. The fourth-order valence-corrected chi connectivity index (χ4v) is 3.29. The molecule has 8 nitrogen and oxygen atoms in total. The summed E-state index contributed by atoms with van der Waals surface area (Å²) in [4.78, 5) is 28.3. The van der Waals surface area contributed by atoms with Crippen LogP contribution < -0.4 is 5.32 Å². The summed E-state index contributed by atoms with van der Waals surface area (Å²) in [6.07, 6.45) is 4.40. The van der Waals surface area contributed by atoms with Crippen molar-refractivity contribution in [2.45, 2.75) is 64.2 Å². The van der Waals surface area contributed by atoms with E-state index in [1.807, 2.05) is 26.8 Å². The zero-order chi connectivity index (χ0) is 21.0. The number of nitriles is 1. The Balaban J connectivity index is 1.46. The quantitative estimate of drug-likeness (QED) is 0.768. The molecular formula is C21H25N3O5. The topological polar surface area (TPSA) is 114 Å². The van der Waals surface area contributed by atoms with E-state index in [9.17, 15) is 9.59 Å². The van der Waals surface area contributed by atoms with E-state index < -0.39 is 5.60 Å². The molecule has 0 aliphatic heterocycles. The molecule has 0 radical (unpaired) electrons. The number of carbonyl (C=O) groups excluding carboxylic acids is 2. The molecule has 2 aromatic rings. The Labute approximate surface area is 169 Å². The maximum Gasteiger partial charge on any atom is 0.332 e. The van der Waals surface area contributed by atoms with Crippen molar-refractivity contribution in [1.82, 2.24) is 10.3 Å². The van der Waals surface area contributed by atoms with Crippen LogP contribution in [0.2, 0.25) is 0 Å². The van der Waals surface area contributed by atoms with Gasteiger partial charge in [-0.05, 0) is 58.6 Å². The van der Waals surface area contributed by atoms with Gasteiger partial charge in [-0.25, -0.2) is 9.78 Å².